The highest BCUT2D eigenvalue weighted by Gasteiger charge is 2.40. The molecule has 0 unspecified atom stereocenters. The van der Waals surface area contributed by atoms with Gasteiger partial charge >= 0.3 is 5.97 Å². The van der Waals surface area contributed by atoms with E-state index in [9.17, 15) is 31.5 Å². The Morgan fingerprint density at radius 1 is 1.10 bits per heavy atom. The Morgan fingerprint density at radius 2 is 1.77 bits per heavy atom. The maximum atomic E-state index is 14.9. The first-order valence-corrected chi connectivity index (χ1v) is 10.7. The molecular weight excluding hydrogens is 433 g/mol. The molecule has 1 saturated heterocycles. The zero-order valence-electron chi connectivity index (χ0n) is 16.2. The van der Waals surface area contributed by atoms with Gasteiger partial charge in [0.1, 0.15) is 18.2 Å². The normalized spacial score (nSPS) is 19.7. The van der Waals surface area contributed by atoms with Gasteiger partial charge in [0.15, 0.2) is 0 Å². The number of aryl methyl sites for hydroxylation is 1. The Bertz CT molecular complexity index is 1300. The van der Waals surface area contributed by atoms with Crippen LogP contribution in [0.5, 0.6) is 0 Å². The van der Waals surface area contributed by atoms with Crippen molar-refractivity contribution < 1.29 is 31.5 Å². The Hall–Kier alpha value is -2.98. The molecule has 162 valence electrons. The first-order chi connectivity index (χ1) is 14.6. The van der Waals surface area contributed by atoms with Gasteiger partial charge in [0.2, 0.25) is 10.0 Å². The van der Waals surface area contributed by atoms with Crippen molar-refractivity contribution >= 4 is 26.9 Å². The molecule has 4 rings (SSSR count). The average molecular weight is 450 g/mol. The maximum Gasteiger partial charge on any atom is 0.335 e. The largest absolute Gasteiger partial charge is 0.478 e. The van der Waals surface area contributed by atoms with Gasteiger partial charge in [-0.1, -0.05) is 6.07 Å². The molecule has 3 aromatic rings. The number of carboxylic acid groups (broad SMARTS) is 1. The monoisotopic (exact) mass is 450 g/mol. The predicted molar refractivity (Wildman–Crippen MR) is 107 cm³/mol. The fourth-order valence-electron chi connectivity index (χ4n) is 3.58. The number of carbonyl (C=O) groups is 1. The summed E-state index contributed by atoms with van der Waals surface area (Å²) in [4.78, 5) is 15.1. The molecule has 1 aliphatic heterocycles. The van der Waals surface area contributed by atoms with Gasteiger partial charge in [-0.15, -0.1) is 0 Å². The molecule has 1 aliphatic rings. The molecule has 2 aromatic carbocycles. The smallest absolute Gasteiger partial charge is 0.335 e. The lowest BCUT2D eigenvalue weighted by atomic mass is 10.0. The van der Waals surface area contributed by atoms with Crippen molar-refractivity contribution in [2.24, 2.45) is 0 Å². The van der Waals surface area contributed by atoms with E-state index in [1.807, 2.05) is 0 Å². The SMILES string of the molecule is Cc1cc(-c2ccc(S(=O)(=O)N3C[C@@H](F)[C@H](F)C3)cc2F)nc2cc(C(=O)O)ccc12. The first-order valence-electron chi connectivity index (χ1n) is 9.31. The molecule has 0 spiro atoms. The molecule has 2 heterocycles. The van der Waals surface area contributed by atoms with Crippen molar-refractivity contribution in [3.8, 4) is 11.3 Å². The number of rotatable bonds is 4. The van der Waals surface area contributed by atoms with Crippen molar-refractivity contribution in [2.75, 3.05) is 13.1 Å². The number of hydrogen-bond donors (Lipinski definition) is 1. The van der Waals surface area contributed by atoms with Crippen molar-refractivity contribution in [1.29, 1.82) is 0 Å². The second kappa shape index (κ2) is 7.61. The number of benzene rings is 2. The van der Waals surface area contributed by atoms with E-state index in [2.05, 4.69) is 4.98 Å². The quantitative estimate of drug-likeness (QED) is 0.655. The number of halogens is 3. The summed E-state index contributed by atoms with van der Waals surface area (Å²) in [6, 6.07) is 9.22. The van der Waals surface area contributed by atoms with E-state index in [4.69, 9.17) is 0 Å². The lowest BCUT2D eigenvalue weighted by Crippen LogP contribution is -2.29. The number of hydrogen-bond acceptors (Lipinski definition) is 4. The summed E-state index contributed by atoms with van der Waals surface area (Å²) in [5, 5.41) is 9.88. The molecule has 1 fully saturated rings. The minimum absolute atomic E-state index is 0.0119. The van der Waals surface area contributed by atoms with Crippen LogP contribution in [0.15, 0.2) is 47.4 Å². The van der Waals surface area contributed by atoms with Crippen LogP contribution in [0.3, 0.4) is 0 Å². The van der Waals surface area contributed by atoms with Crippen LogP contribution in [-0.4, -0.2) is 54.2 Å². The summed E-state index contributed by atoms with van der Waals surface area (Å²) >= 11 is 0. The van der Waals surface area contributed by atoms with E-state index in [0.717, 1.165) is 17.7 Å². The summed E-state index contributed by atoms with van der Waals surface area (Å²) in [5.74, 6) is -2.00. The van der Waals surface area contributed by atoms with Crippen LogP contribution in [0, 0.1) is 12.7 Å². The lowest BCUT2D eigenvalue weighted by molar-refractivity contribution is 0.0697. The van der Waals surface area contributed by atoms with Gasteiger partial charge in [0, 0.05) is 24.0 Å². The number of pyridine rings is 1. The van der Waals surface area contributed by atoms with Crippen LogP contribution in [0.2, 0.25) is 0 Å². The first kappa shape index (κ1) is 21.3. The van der Waals surface area contributed by atoms with E-state index >= 15 is 0 Å². The summed E-state index contributed by atoms with van der Waals surface area (Å²) in [5.41, 5.74) is 1.32. The number of carboxylic acids is 1. The third-order valence-corrected chi connectivity index (χ3v) is 7.09. The van der Waals surface area contributed by atoms with E-state index in [1.54, 1.807) is 19.1 Å². The summed E-state index contributed by atoms with van der Waals surface area (Å²) in [7, 11) is -4.26. The minimum atomic E-state index is -4.26. The number of nitrogens with zero attached hydrogens (tertiary/aromatic N) is 2. The van der Waals surface area contributed by atoms with Gasteiger partial charge in [0.25, 0.3) is 0 Å². The second-order valence-electron chi connectivity index (χ2n) is 7.36. The van der Waals surface area contributed by atoms with Gasteiger partial charge in [-0.05, 0) is 48.9 Å². The molecule has 0 amide bonds. The zero-order chi connectivity index (χ0) is 22.5. The Kier molecular flexibility index (Phi) is 5.22. The molecule has 6 nitrogen and oxygen atoms in total. The van der Waals surface area contributed by atoms with E-state index in [1.165, 1.54) is 18.2 Å². The number of alkyl halides is 2. The fraction of sp³-hybridized carbons (Fsp3) is 0.238. The van der Waals surface area contributed by atoms with Crippen LogP contribution in [0.1, 0.15) is 15.9 Å². The van der Waals surface area contributed by atoms with Crippen molar-refractivity contribution in [1.82, 2.24) is 9.29 Å². The van der Waals surface area contributed by atoms with Crippen LogP contribution < -0.4 is 0 Å². The van der Waals surface area contributed by atoms with Gasteiger partial charge in [-0.25, -0.2) is 31.4 Å². The number of sulfonamides is 1. The summed E-state index contributed by atoms with van der Waals surface area (Å²) in [6.45, 7) is 0.521. The molecule has 1 aromatic heterocycles. The molecule has 0 bridgehead atoms. The lowest BCUT2D eigenvalue weighted by Gasteiger charge is -2.16. The molecule has 10 heteroatoms. The van der Waals surface area contributed by atoms with Gasteiger partial charge in [-0.2, -0.15) is 4.31 Å². The summed E-state index contributed by atoms with van der Waals surface area (Å²) < 4.78 is 67.6. The highest BCUT2D eigenvalue weighted by atomic mass is 32.2. The summed E-state index contributed by atoms with van der Waals surface area (Å²) in [6.07, 6.45) is -3.83. The maximum absolute atomic E-state index is 14.9. The fourth-order valence-corrected chi connectivity index (χ4v) is 5.04. The molecule has 31 heavy (non-hydrogen) atoms. The van der Waals surface area contributed by atoms with E-state index in [-0.39, 0.29) is 16.8 Å². The predicted octanol–water partition coefficient (Wildman–Crippen LogP) is 3.73. The van der Waals surface area contributed by atoms with Crippen LogP contribution >= 0.6 is 0 Å². The molecule has 0 saturated carbocycles. The van der Waals surface area contributed by atoms with Crippen molar-refractivity contribution in [2.45, 2.75) is 24.2 Å². The van der Waals surface area contributed by atoms with Crippen LogP contribution in [-0.2, 0) is 10.0 Å². The van der Waals surface area contributed by atoms with Gasteiger partial charge in [0.05, 0.1) is 21.7 Å². The van der Waals surface area contributed by atoms with Crippen molar-refractivity contribution in [3.63, 3.8) is 0 Å². The number of aromatic nitrogens is 1. The molecule has 0 aliphatic carbocycles. The number of fused-ring (bicyclic) bond motifs is 1. The highest BCUT2D eigenvalue weighted by molar-refractivity contribution is 7.89. The Morgan fingerprint density at radius 3 is 2.39 bits per heavy atom. The standard InChI is InChI=1S/C21H17F3N2O4S/c1-11-6-19(25-20-7-12(21(27)28)2-4-14(11)20)15-5-3-13(8-16(15)22)31(29,30)26-9-17(23)18(24)10-26/h2-8,17-18H,9-10H2,1H3,(H,27,28)/t17-,18-/m1/s1. The topological polar surface area (TPSA) is 87.6 Å². The van der Waals surface area contributed by atoms with E-state index < -0.39 is 52.1 Å². The van der Waals surface area contributed by atoms with Gasteiger partial charge in [-0.3, -0.25) is 0 Å². The van der Waals surface area contributed by atoms with Crippen LogP contribution in [0.4, 0.5) is 13.2 Å². The average Bonchev–Trinajstić information content (AvgIpc) is 3.06. The molecular formula is C21H17F3N2O4S. The molecule has 1 N–H and O–H groups in total. The Labute approximate surface area is 176 Å². The molecule has 0 radical (unpaired) electrons. The highest BCUT2D eigenvalue weighted by Crippen LogP contribution is 2.30. The third kappa shape index (κ3) is 3.77. The van der Waals surface area contributed by atoms with Gasteiger partial charge < -0.3 is 5.11 Å². The van der Waals surface area contributed by atoms with Crippen molar-refractivity contribution in [3.05, 3.63) is 59.4 Å². The minimum Gasteiger partial charge on any atom is -0.478 e. The third-order valence-electron chi connectivity index (χ3n) is 5.27. The number of aromatic carboxylic acids is 1. The molecule has 2 atom stereocenters. The second-order valence-corrected chi connectivity index (χ2v) is 9.30. The zero-order valence-corrected chi connectivity index (χ0v) is 17.0. The van der Waals surface area contributed by atoms with Crippen LogP contribution in [0.25, 0.3) is 22.2 Å². The Balaban J connectivity index is 1.74. The van der Waals surface area contributed by atoms with E-state index in [0.29, 0.717) is 15.2 Å².